The SMILES string of the molecule is CCOC(=O)c1c(NC(=O)CSc2nnc(C=Cc3ccccc3)o2)sc2c1CCCCC2. The summed E-state index contributed by atoms with van der Waals surface area (Å²) in [6.45, 7) is 2.08. The summed E-state index contributed by atoms with van der Waals surface area (Å²) >= 11 is 2.64. The third-order valence-corrected chi connectivity index (χ3v) is 7.15. The molecular weight excluding hydrogens is 458 g/mol. The number of thiophene rings is 1. The number of thioether (sulfide) groups is 1. The van der Waals surface area contributed by atoms with Gasteiger partial charge in [0.05, 0.1) is 17.9 Å². The number of aromatic nitrogens is 2. The number of esters is 1. The number of carbonyl (C=O) groups is 2. The van der Waals surface area contributed by atoms with Gasteiger partial charge in [-0.2, -0.15) is 0 Å². The Labute approximate surface area is 200 Å². The number of fused-ring (bicyclic) bond motifs is 1. The summed E-state index contributed by atoms with van der Waals surface area (Å²) in [6.07, 6.45) is 8.66. The van der Waals surface area contributed by atoms with E-state index in [2.05, 4.69) is 15.5 Å². The lowest BCUT2D eigenvalue weighted by Gasteiger charge is -2.08. The number of hydrogen-bond donors (Lipinski definition) is 1. The molecule has 2 aromatic heterocycles. The molecule has 1 aliphatic rings. The highest BCUT2D eigenvalue weighted by atomic mass is 32.2. The maximum atomic E-state index is 12.6. The van der Waals surface area contributed by atoms with E-state index in [0.717, 1.165) is 55.0 Å². The van der Waals surface area contributed by atoms with E-state index in [9.17, 15) is 9.59 Å². The summed E-state index contributed by atoms with van der Waals surface area (Å²) in [5.74, 6) is -0.143. The number of carbonyl (C=O) groups excluding carboxylic acids is 2. The highest BCUT2D eigenvalue weighted by Crippen LogP contribution is 2.38. The lowest BCUT2D eigenvalue weighted by molar-refractivity contribution is -0.113. The second-order valence-electron chi connectivity index (χ2n) is 7.48. The van der Waals surface area contributed by atoms with E-state index in [4.69, 9.17) is 9.15 Å². The normalized spacial score (nSPS) is 13.5. The number of hydrogen-bond acceptors (Lipinski definition) is 8. The summed E-state index contributed by atoms with van der Waals surface area (Å²) < 4.78 is 10.9. The van der Waals surface area contributed by atoms with E-state index in [0.29, 0.717) is 28.3 Å². The first-order valence-corrected chi connectivity index (χ1v) is 12.7. The Morgan fingerprint density at radius 2 is 1.97 bits per heavy atom. The third kappa shape index (κ3) is 6.11. The van der Waals surface area contributed by atoms with Crippen LogP contribution in [0.25, 0.3) is 12.2 Å². The first-order valence-electron chi connectivity index (χ1n) is 10.9. The molecule has 7 nitrogen and oxygen atoms in total. The van der Waals surface area contributed by atoms with Crippen LogP contribution in [0.5, 0.6) is 0 Å². The average Bonchev–Trinajstić information content (AvgIpc) is 3.34. The molecule has 9 heteroatoms. The Morgan fingerprint density at radius 1 is 1.15 bits per heavy atom. The van der Waals surface area contributed by atoms with Crippen molar-refractivity contribution >= 4 is 52.1 Å². The largest absolute Gasteiger partial charge is 0.462 e. The highest BCUT2D eigenvalue weighted by molar-refractivity contribution is 7.99. The van der Waals surface area contributed by atoms with Gasteiger partial charge in [-0.15, -0.1) is 21.5 Å². The maximum Gasteiger partial charge on any atom is 0.341 e. The monoisotopic (exact) mass is 483 g/mol. The first-order chi connectivity index (χ1) is 16.1. The van der Waals surface area contributed by atoms with Crippen LogP contribution >= 0.6 is 23.1 Å². The number of nitrogens with one attached hydrogen (secondary N) is 1. The number of ether oxygens (including phenoxy) is 1. The Balaban J connectivity index is 1.39. The van der Waals surface area contributed by atoms with Crippen molar-refractivity contribution in [3.8, 4) is 0 Å². The van der Waals surface area contributed by atoms with Gasteiger partial charge < -0.3 is 14.5 Å². The van der Waals surface area contributed by atoms with Gasteiger partial charge in [0.2, 0.25) is 11.8 Å². The zero-order chi connectivity index (χ0) is 23.0. The van der Waals surface area contributed by atoms with Crippen LogP contribution in [0.15, 0.2) is 40.0 Å². The fourth-order valence-electron chi connectivity index (χ4n) is 3.62. The maximum absolute atomic E-state index is 12.6. The molecule has 1 N–H and O–H groups in total. The smallest absolute Gasteiger partial charge is 0.341 e. The molecule has 0 fully saturated rings. The van der Waals surface area contributed by atoms with Crippen LogP contribution in [0.1, 0.15) is 58.4 Å². The molecule has 0 radical (unpaired) electrons. The van der Waals surface area contributed by atoms with Crippen molar-refractivity contribution in [1.29, 1.82) is 0 Å². The molecule has 33 heavy (non-hydrogen) atoms. The quantitative estimate of drug-likeness (QED) is 0.258. The van der Waals surface area contributed by atoms with Crippen molar-refractivity contribution in [3.05, 3.63) is 57.8 Å². The minimum absolute atomic E-state index is 0.0921. The number of benzene rings is 1. The van der Waals surface area contributed by atoms with E-state index in [1.165, 1.54) is 16.2 Å². The first kappa shape index (κ1) is 23.3. The fourth-order valence-corrected chi connectivity index (χ4v) is 5.48. The summed E-state index contributed by atoms with van der Waals surface area (Å²) in [4.78, 5) is 26.4. The lowest BCUT2D eigenvalue weighted by atomic mass is 10.1. The predicted octanol–water partition coefficient (Wildman–Crippen LogP) is 5.48. The average molecular weight is 484 g/mol. The third-order valence-electron chi connectivity index (χ3n) is 5.12. The zero-order valence-corrected chi connectivity index (χ0v) is 20.0. The number of amides is 1. The predicted molar refractivity (Wildman–Crippen MR) is 131 cm³/mol. The van der Waals surface area contributed by atoms with Crippen molar-refractivity contribution in [3.63, 3.8) is 0 Å². The van der Waals surface area contributed by atoms with Gasteiger partial charge in [0.1, 0.15) is 5.00 Å². The molecule has 1 aromatic carbocycles. The van der Waals surface area contributed by atoms with Gasteiger partial charge in [-0.05, 0) is 49.8 Å². The van der Waals surface area contributed by atoms with Gasteiger partial charge in [0, 0.05) is 11.0 Å². The molecule has 3 aromatic rings. The van der Waals surface area contributed by atoms with E-state index in [1.54, 1.807) is 13.0 Å². The highest BCUT2D eigenvalue weighted by Gasteiger charge is 2.26. The number of anilines is 1. The van der Waals surface area contributed by atoms with Crippen LogP contribution in [0.3, 0.4) is 0 Å². The van der Waals surface area contributed by atoms with Crippen LogP contribution in [-0.4, -0.2) is 34.4 Å². The van der Waals surface area contributed by atoms with Crippen LogP contribution < -0.4 is 5.32 Å². The fraction of sp³-hybridized carbons (Fsp3) is 0.333. The molecule has 0 saturated heterocycles. The van der Waals surface area contributed by atoms with E-state index >= 15 is 0 Å². The van der Waals surface area contributed by atoms with Gasteiger partial charge in [-0.25, -0.2) is 4.79 Å². The van der Waals surface area contributed by atoms with Crippen molar-refractivity contribution in [1.82, 2.24) is 10.2 Å². The summed E-state index contributed by atoms with van der Waals surface area (Å²) in [5.41, 5.74) is 2.57. The van der Waals surface area contributed by atoms with Gasteiger partial charge in [-0.1, -0.05) is 48.5 Å². The van der Waals surface area contributed by atoms with Crippen LogP contribution in [-0.2, 0) is 22.4 Å². The topological polar surface area (TPSA) is 94.3 Å². The van der Waals surface area contributed by atoms with Crippen LogP contribution in [0.4, 0.5) is 5.00 Å². The van der Waals surface area contributed by atoms with Crippen molar-refractivity contribution < 1.29 is 18.7 Å². The molecular formula is C24H25N3O4S2. The van der Waals surface area contributed by atoms with E-state index < -0.39 is 0 Å². The molecule has 2 heterocycles. The molecule has 0 aliphatic heterocycles. The molecule has 1 amide bonds. The summed E-state index contributed by atoms with van der Waals surface area (Å²) in [7, 11) is 0. The molecule has 0 bridgehead atoms. The molecule has 0 saturated carbocycles. The Kier molecular flexibility index (Phi) is 7.96. The van der Waals surface area contributed by atoms with Crippen LogP contribution in [0, 0.1) is 0 Å². The molecule has 0 atom stereocenters. The molecule has 4 rings (SSSR count). The van der Waals surface area contributed by atoms with Gasteiger partial charge in [0.15, 0.2) is 0 Å². The number of rotatable bonds is 8. The minimum Gasteiger partial charge on any atom is -0.462 e. The van der Waals surface area contributed by atoms with E-state index in [-0.39, 0.29) is 17.6 Å². The summed E-state index contributed by atoms with van der Waals surface area (Å²) in [6, 6.07) is 9.80. The Bertz CT molecular complexity index is 1140. The molecule has 0 spiro atoms. The van der Waals surface area contributed by atoms with E-state index in [1.807, 2.05) is 36.4 Å². The Hall–Kier alpha value is -2.91. The molecule has 0 unspecified atom stereocenters. The van der Waals surface area contributed by atoms with Gasteiger partial charge in [0.25, 0.3) is 5.22 Å². The van der Waals surface area contributed by atoms with Crippen molar-refractivity contribution in [2.24, 2.45) is 0 Å². The standard InChI is InChI=1S/C24H25N3O4S2/c1-2-30-23(29)21-17-11-7-4-8-12-18(17)33-22(21)25-19(28)15-32-24-27-26-20(31-24)14-13-16-9-5-3-6-10-16/h3,5-6,9-10,13-14H,2,4,7-8,11-12,15H2,1H3,(H,25,28). The van der Waals surface area contributed by atoms with Gasteiger partial charge in [-0.3, -0.25) is 4.79 Å². The molecule has 172 valence electrons. The second kappa shape index (κ2) is 11.3. The van der Waals surface area contributed by atoms with Crippen LogP contribution in [0.2, 0.25) is 0 Å². The number of aryl methyl sites for hydroxylation is 1. The van der Waals surface area contributed by atoms with Gasteiger partial charge >= 0.3 is 5.97 Å². The van der Waals surface area contributed by atoms with Crippen molar-refractivity contribution in [2.45, 2.75) is 44.3 Å². The molecule has 1 aliphatic carbocycles. The minimum atomic E-state index is -0.369. The second-order valence-corrected chi connectivity index (χ2v) is 9.51. The zero-order valence-electron chi connectivity index (χ0n) is 18.3. The van der Waals surface area contributed by atoms with Crippen molar-refractivity contribution in [2.75, 3.05) is 17.7 Å². The number of nitrogens with zero attached hydrogens (tertiary/aromatic N) is 2. The lowest BCUT2D eigenvalue weighted by Crippen LogP contribution is -2.16. The Morgan fingerprint density at radius 3 is 2.79 bits per heavy atom. The summed E-state index contributed by atoms with van der Waals surface area (Å²) in [5, 5.41) is 11.8.